The molecule has 0 saturated carbocycles. The zero-order chi connectivity index (χ0) is 24.3. The molecule has 180 valence electrons. The van der Waals surface area contributed by atoms with Gasteiger partial charge in [0.15, 0.2) is 11.4 Å². The Balaban J connectivity index is 1.29. The number of nitrogens with one attached hydrogen (secondary N) is 1. The van der Waals surface area contributed by atoms with Crippen molar-refractivity contribution in [2.45, 2.75) is 37.3 Å². The Bertz CT molecular complexity index is 1350. The summed E-state index contributed by atoms with van der Waals surface area (Å²) in [7, 11) is 0. The van der Waals surface area contributed by atoms with Crippen LogP contribution >= 0.6 is 11.6 Å². The maximum atomic E-state index is 15.1. The summed E-state index contributed by atoms with van der Waals surface area (Å²) in [6.45, 7) is 0.408. The van der Waals surface area contributed by atoms with Gasteiger partial charge in [0.2, 0.25) is 0 Å². The summed E-state index contributed by atoms with van der Waals surface area (Å²) in [5, 5.41) is 6.90. The van der Waals surface area contributed by atoms with Crippen molar-refractivity contribution in [1.82, 2.24) is 14.7 Å². The van der Waals surface area contributed by atoms with Gasteiger partial charge in [-0.1, -0.05) is 35.9 Å². The Labute approximate surface area is 205 Å². The van der Waals surface area contributed by atoms with Crippen LogP contribution in [0, 0.1) is 5.82 Å². The second kappa shape index (κ2) is 7.98. The molecule has 2 aliphatic heterocycles. The lowest BCUT2D eigenvalue weighted by molar-refractivity contribution is -0.0418. The molecule has 10 heteroatoms. The average molecular weight is 496 g/mol. The topological polar surface area (TPSA) is 102 Å². The second-order valence-electron chi connectivity index (χ2n) is 9.34. The summed E-state index contributed by atoms with van der Waals surface area (Å²) in [6.07, 6.45) is 3.26. The Hall–Kier alpha value is -3.59. The second-order valence-corrected chi connectivity index (χ2v) is 9.75. The molecule has 2 amide bonds. The van der Waals surface area contributed by atoms with E-state index in [-0.39, 0.29) is 34.6 Å². The van der Waals surface area contributed by atoms with E-state index in [9.17, 15) is 9.59 Å². The minimum absolute atomic E-state index is 0.0109. The summed E-state index contributed by atoms with van der Waals surface area (Å²) in [6, 6.07) is 11.2. The monoisotopic (exact) mass is 495 g/mol. The van der Waals surface area contributed by atoms with Crippen molar-refractivity contribution >= 4 is 35.1 Å². The molecule has 1 aliphatic carbocycles. The molecule has 3 aromatic rings. The lowest BCUT2D eigenvalue weighted by Gasteiger charge is -2.45. The predicted octanol–water partition coefficient (Wildman–Crippen LogP) is 4.29. The molecule has 1 atom stereocenters. The van der Waals surface area contributed by atoms with E-state index in [0.29, 0.717) is 30.9 Å². The van der Waals surface area contributed by atoms with Crippen molar-refractivity contribution in [1.29, 1.82) is 0 Å². The highest BCUT2D eigenvalue weighted by atomic mass is 35.5. The van der Waals surface area contributed by atoms with Crippen LogP contribution in [0.2, 0.25) is 5.02 Å². The highest BCUT2D eigenvalue weighted by molar-refractivity contribution is 6.31. The van der Waals surface area contributed by atoms with Crippen LogP contribution in [0.5, 0.6) is 0 Å². The van der Waals surface area contributed by atoms with Crippen LogP contribution < -0.4 is 11.1 Å². The molecule has 0 unspecified atom stereocenters. The van der Waals surface area contributed by atoms with Gasteiger partial charge in [-0.15, -0.1) is 0 Å². The van der Waals surface area contributed by atoms with E-state index >= 15 is 4.39 Å². The van der Waals surface area contributed by atoms with Gasteiger partial charge in [-0.2, -0.15) is 5.10 Å². The number of piperidine rings is 1. The molecule has 2 aromatic carbocycles. The Morgan fingerprint density at radius 3 is 2.71 bits per heavy atom. The van der Waals surface area contributed by atoms with Crippen LogP contribution in [0.15, 0.2) is 42.6 Å². The number of carbonyl (C=O) groups is 2. The fourth-order valence-corrected chi connectivity index (χ4v) is 5.81. The minimum Gasteiger partial charge on any atom is -0.436 e. The first-order valence-corrected chi connectivity index (χ1v) is 11.9. The van der Waals surface area contributed by atoms with Crippen molar-refractivity contribution in [3.63, 3.8) is 0 Å². The number of benzene rings is 2. The smallest absolute Gasteiger partial charge is 0.412 e. The summed E-state index contributed by atoms with van der Waals surface area (Å²) in [5.41, 5.74) is 8.33. The molecule has 35 heavy (non-hydrogen) atoms. The third-order valence-corrected chi connectivity index (χ3v) is 7.55. The number of nitrogens with two attached hydrogens (primary N) is 1. The van der Waals surface area contributed by atoms with Crippen LogP contribution in [0.1, 0.15) is 45.9 Å². The van der Waals surface area contributed by atoms with Crippen LogP contribution in [0.25, 0.3) is 0 Å². The standard InChI is InChI=1S/C25H23ClFN5O3/c26-18-6-7-19-20(21(18)27)25(35-24(34)30-19)8-3-9-31(13-25)23(33)17-12-29-32(22(17)28)16-10-14-4-1-2-5-15(14)11-16/h1-2,4-7,12,16H,3,8-11,13,28H2,(H,30,34)/t25-/m0/s1. The van der Waals surface area contributed by atoms with Gasteiger partial charge in [0.25, 0.3) is 5.91 Å². The highest BCUT2D eigenvalue weighted by Gasteiger charge is 2.49. The number of anilines is 2. The molecular weight excluding hydrogens is 473 g/mol. The zero-order valence-electron chi connectivity index (χ0n) is 18.8. The fraction of sp³-hybridized carbons (Fsp3) is 0.320. The number of rotatable bonds is 2. The molecule has 1 aromatic heterocycles. The van der Waals surface area contributed by atoms with Gasteiger partial charge in [-0.25, -0.2) is 13.9 Å². The minimum atomic E-state index is -1.33. The van der Waals surface area contributed by atoms with Gasteiger partial charge in [-0.3, -0.25) is 10.1 Å². The third kappa shape index (κ3) is 3.44. The number of aromatic nitrogens is 2. The van der Waals surface area contributed by atoms with Crippen LogP contribution in [0.3, 0.4) is 0 Å². The number of fused-ring (bicyclic) bond motifs is 3. The van der Waals surface area contributed by atoms with E-state index in [1.807, 2.05) is 12.1 Å². The van der Waals surface area contributed by atoms with Crippen molar-refractivity contribution < 1.29 is 18.7 Å². The van der Waals surface area contributed by atoms with Gasteiger partial charge in [0.05, 0.1) is 35.1 Å². The van der Waals surface area contributed by atoms with Crippen molar-refractivity contribution in [2.24, 2.45) is 0 Å². The van der Waals surface area contributed by atoms with E-state index in [0.717, 1.165) is 12.8 Å². The predicted molar refractivity (Wildman–Crippen MR) is 128 cm³/mol. The van der Waals surface area contributed by atoms with Crippen molar-refractivity contribution in [2.75, 3.05) is 24.1 Å². The molecular formula is C25H23ClFN5O3. The van der Waals surface area contributed by atoms with Crippen molar-refractivity contribution in [3.05, 3.63) is 75.7 Å². The molecule has 3 aliphatic rings. The molecule has 1 fully saturated rings. The van der Waals surface area contributed by atoms with E-state index < -0.39 is 17.5 Å². The van der Waals surface area contributed by atoms with Crippen LogP contribution in [-0.2, 0) is 23.2 Å². The Kier molecular flexibility index (Phi) is 5.00. The summed E-state index contributed by atoms with van der Waals surface area (Å²) < 4.78 is 22.5. The van der Waals surface area contributed by atoms with Gasteiger partial charge in [0, 0.05) is 6.54 Å². The van der Waals surface area contributed by atoms with Gasteiger partial charge in [-0.05, 0) is 48.9 Å². The number of hydrogen-bond acceptors (Lipinski definition) is 5. The number of nitrogens with zero attached hydrogens (tertiary/aromatic N) is 3. The molecule has 0 radical (unpaired) electrons. The summed E-state index contributed by atoms with van der Waals surface area (Å²) >= 11 is 6.05. The van der Waals surface area contributed by atoms with Gasteiger partial charge < -0.3 is 15.4 Å². The van der Waals surface area contributed by atoms with Crippen molar-refractivity contribution in [3.8, 4) is 0 Å². The largest absolute Gasteiger partial charge is 0.436 e. The fourth-order valence-electron chi connectivity index (χ4n) is 5.65. The molecule has 3 N–H and O–H groups in total. The first kappa shape index (κ1) is 21.9. The average Bonchev–Trinajstić information content (AvgIpc) is 3.44. The molecule has 1 spiro atoms. The van der Waals surface area contributed by atoms with Crippen LogP contribution in [-0.4, -0.2) is 39.8 Å². The third-order valence-electron chi connectivity index (χ3n) is 7.26. The van der Waals surface area contributed by atoms with E-state index in [1.165, 1.54) is 23.4 Å². The first-order chi connectivity index (χ1) is 16.9. The maximum Gasteiger partial charge on any atom is 0.412 e. The van der Waals surface area contributed by atoms with Gasteiger partial charge >= 0.3 is 6.09 Å². The quantitative estimate of drug-likeness (QED) is 0.552. The number of hydrogen-bond donors (Lipinski definition) is 2. The zero-order valence-corrected chi connectivity index (χ0v) is 19.5. The number of likely N-dealkylation sites (tertiary alicyclic amines) is 1. The number of halogens is 2. The highest BCUT2D eigenvalue weighted by Crippen LogP contribution is 2.45. The summed E-state index contributed by atoms with van der Waals surface area (Å²) in [4.78, 5) is 27.4. The van der Waals surface area contributed by atoms with E-state index in [4.69, 9.17) is 22.1 Å². The Morgan fingerprint density at radius 1 is 1.23 bits per heavy atom. The normalized spacial score (nSPS) is 21.4. The maximum absolute atomic E-state index is 15.1. The van der Waals surface area contributed by atoms with E-state index in [1.54, 1.807) is 15.6 Å². The number of ether oxygens (including phenoxy) is 1. The molecule has 0 bridgehead atoms. The number of nitrogen functional groups attached to an aromatic ring is 1. The molecule has 6 rings (SSSR count). The number of amides is 2. The van der Waals surface area contributed by atoms with Gasteiger partial charge in [0.1, 0.15) is 11.4 Å². The SMILES string of the molecule is Nc1c(C(=O)N2CCC[C@@]3(C2)OC(=O)Nc2ccc(Cl)c(F)c23)cnn1C1Cc2ccccc2C1. The number of carbonyl (C=O) groups excluding carboxylic acids is 2. The lowest BCUT2D eigenvalue weighted by Crippen LogP contribution is -2.53. The molecule has 8 nitrogen and oxygen atoms in total. The molecule has 1 saturated heterocycles. The lowest BCUT2D eigenvalue weighted by atomic mass is 9.83. The van der Waals surface area contributed by atoms with Crippen LogP contribution in [0.4, 0.5) is 20.7 Å². The first-order valence-electron chi connectivity index (χ1n) is 11.5. The summed E-state index contributed by atoms with van der Waals surface area (Å²) in [5.74, 6) is -0.696. The Morgan fingerprint density at radius 2 is 1.97 bits per heavy atom. The molecule has 3 heterocycles. The van der Waals surface area contributed by atoms with E-state index in [2.05, 4.69) is 22.5 Å².